The Balaban J connectivity index is 0.00000480. The van der Waals surface area contributed by atoms with Crippen molar-refractivity contribution in [3.8, 4) is 11.5 Å². The van der Waals surface area contributed by atoms with E-state index < -0.39 is 0 Å². The van der Waals surface area contributed by atoms with Gasteiger partial charge in [0.15, 0.2) is 5.96 Å². The van der Waals surface area contributed by atoms with E-state index in [4.69, 9.17) is 9.47 Å². The Labute approximate surface area is 202 Å². The molecule has 0 saturated carbocycles. The second-order valence-electron chi connectivity index (χ2n) is 6.74. The molecule has 0 spiro atoms. The highest BCUT2D eigenvalue weighted by Gasteiger charge is 2.11. The standard InChI is InChI=1S/C23H32N4O3.HI/c1-5-24-23(26-15-9-14-25-22(28)18-10-7-6-8-11-18)27(2)17-19-12-13-20(29-3)16-21(19)30-4;/h6-8,10-13,16H,5,9,14-15,17H2,1-4H3,(H,24,26)(H,25,28);1H. The number of carbonyl (C=O) groups is 1. The number of aliphatic imine (C=N–C) groups is 1. The number of amides is 1. The average molecular weight is 540 g/mol. The Hall–Kier alpha value is -2.49. The third-order valence-corrected chi connectivity index (χ3v) is 4.52. The van der Waals surface area contributed by atoms with Gasteiger partial charge in [0.2, 0.25) is 0 Å². The predicted octanol–water partition coefficient (Wildman–Crippen LogP) is 3.54. The highest BCUT2D eigenvalue weighted by atomic mass is 127. The number of halogens is 1. The van der Waals surface area contributed by atoms with E-state index in [1.807, 2.05) is 50.4 Å². The maximum absolute atomic E-state index is 12.1. The van der Waals surface area contributed by atoms with Crippen molar-refractivity contribution in [3.05, 3.63) is 59.7 Å². The molecule has 31 heavy (non-hydrogen) atoms. The summed E-state index contributed by atoms with van der Waals surface area (Å²) in [7, 11) is 5.28. The minimum atomic E-state index is -0.0600. The number of guanidine groups is 1. The summed E-state index contributed by atoms with van der Waals surface area (Å²) in [5.74, 6) is 2.29. The minimum absolute atomic E-state index is 0. The predicted molar refractivity (Wildman–Crippen MR) is 136 cm³/mol. The van der Waals surface area contributed by atoms with E-state index in [1.54, 1.807) is 26.4 Å². The molecular weight excluding hydrogens is 507 g/mol. The Morgan fingerprint density at radius 3 is 2.45 bits per heavy atom. The van der Waals surface area contributed by atoms with Gasteiger partial charge in [-0.25, -0.2) is 0 Å². The van der Waals surface area contributed by atoms with Crippen molar-refractivity contribution in [3.63, 3.8) is 0 Å². The first-order chi connectivity index (χ1) is 14.6. The number of benzene rings is 2. The first kappa shape index (κ1) is 26.5. The molecule has 0 saturated heterocycles. The molecule has 0 bridgehead atoms. The van der Waals surface area contributed by atoms with Crippen molar-refractivity contribution in [2.45, 2.75) is 19.9 Å². The smallest absolute Gasteiger partial charge is 0.251 e. The average Bonchev–Trinajstić information content (AvgIpc) is 2.78. The fraction of sp³-hybridized carbons (Fsp3) is 0.391. The lowest BCUT2D eigenvalue weighted by Gasteiger charge is -2.23. The molecule has 0 unspecified atom stereocenters. The van der Waals surface area contributed by atoms with Crippen molar-refractivity contribution in [2.24, 2.45) is 4.99 Å². The first-order valence-electron chi connectivity index (χ1n) is 10.1. The summed E-state index contributed by atoms with van der Waals surface area (Å²) in [6.07, 6.45) is 0.757. The van der Waals surface area contributed by atoms with E-state index in [0.717, 1.165) is 36.0 Å². The molecule has 0 aliphatic carbocycles. The van der Waals surface area contributed by atoms with E-state index in [2.05, 4.69) is 20.5 Å². The molecule has 1 amide bonds. The van der Waals surface area contributed by atoms with Gasteiger partial charge in [0, 0.05) is 50.4 Å². The summed E-state index contributed by atoms with van der Waals surface area (Å²) < 4.78 is 10.8. The molecule has 0 aromatic heterocycles. The lowest BCUT2D eigenvalue weighted by molar-refractivity contribution is 0.0953. The summed E-state index contributed by atoms with van der Waals surface area (Å²) in [5.41, 5.74) is 1.71. The maximum atomic E-state index is 12.1. The maximum Gasteiger partial charge on any atom is 0.251 e. The summed E-state index contributed by atoms with van der Waals surface area (Å²) in [6, 6.07) is 15.0. The van der Waals surface area contributed by atoms with Gasteiger partial charge in [-0.2, -0.15) is 0 Å². The zero-order valence-corrected chi connectivity index (χ0v) is 21.0. The van der Waals surface area contributed by atoms with Crippen LogP contribution in [0.1, 0.15) is 29.3 Å². The lowest BCUT2D eigenvalue weighted by Crippen LogP contribution is -2.38. The second kappa shape index (κ2) is 14.5. The molecule has 7 nitrogen and oxygen atoms in total. The number of rotatable bonds is 10. The second-order valence-corrected chi connectivity index (χ2v) is 6.74. The van der Waals surface area contributed by atoms with Gasteiger partial charge in [-0.3, -0.25) is 9.79 Å². The van der Waals surface area contributed by atoms with Crippen LogP contribution in [-0.4, -0.2) is 57.7 Å². The van der Waals surface area contributed by atoms with E-state index >= 15 is 0 Å². The monoisotopic (exact) mass is 540 g/mol. The highest BCUT2D eigenvalue weighted by molar-refractivity contribution is 14.0. The highest BCUT2D eigenvalue weighted by Crippen LogP contribution is 2.25. The molecular formula is C23H33IN4O3. The Morgan fingerprint density at radius 1 is 1.06 bits per heavy atom. The molecule has 2 aromatic rings. The molecule has 0 fully saturated rings. The molecule has 170 valence electrons. The fourth-order valence-electron chi connectivity index (χ4n) is 2.94. The van der Waals surface area contributed by atoms with Crippen LogP contribution in [0.4, 0.5) is 0 Å². The van der Waals surface area contributed by atoms with Crippen LogP contribution >= 0.6 is 24.0 Å². The molecule has 0 aliphatic rings. The molecule has 0 radical (unpaired) electrons. The quantitative estimate of drug-likeness (QED) is 0.209. The van der Waals surface area contributed by atoms with Gasteiger partial charge in [-0.05, 0) is 37.6 Å². The van der Waals surface area contributed by atoms with Crippen molar-refractivity contribution in [2.75, 3.05) is 40.9 Å². The normalized spacial score (nSPS) is 10.6. The summed E-state index contributed by atoms with van der Waals surface area (Å²) >= 11 is 0. The van der Waals surface area contributed by atoms with Crippen molar-refractivity contribution in [1.29, 1.82) is 0 Å². The van der Waals surface area contributed by atoms with Crippen LogP contribution in [0.5, 0.6) is 11.5 Å². The van der Waals surface area contributed by atoms with Gasteiger partial charge in [0.1, 0.15) is 11.5 Å². The molecule has 2 N–H and O–H groups in total. The van der Waals surface area contributed by atoms with Crippen LogP contribution in [0.2, 0.25) is 0 Å². The Morgan fingerprint density at radius 2 is 1.81 bits per heavy atom. The SMILES string of the molecule is CCNC(=NCCCNC(=O)c1ccccc1)N(C)Cc1ccc(OC)cc1OC.I. The van der Waals surface area contributed by atoms with E-state index in [1.165, 1.54) is 0 Å². The number of carbonyl (C=O) groups excluding carboxylic acids is 1. The van der Waals surface area contributed by atoms with Crippen LogP contribution in [-0.2, 0) is 6.54 Å². The lowest BCUT2D eigenvalue weighted by atomic mass is 10.2. The van der Waals surface area contributed by atoms with Crippen LogP contribution in [0.15, 0.2) is 53.5 Å². The van der Waals surface area contributed by atoms with Gasteiger partial charge in [0.05, 0.1) is 14.2 Å². The summed E-state index contributed by atoms with van der Waals surface area (Å²) in [6.45, 7) is 4.64. The number of ether oxygens (including phenoxy) is 2. The van der Waals surface area contributed by atoms with Crippen molar-refractivity contribution in [1.82, 2.24) is 15.5 Å². The third kappa shape index (κ3) is 8.64. The van der Waals surface area contributed by atoms with Gasteiger partial charge in [0.25, 0.3) is 5.91 Å². The Bertz CT molecular complexity index is 831. The van der Waals surface area contributed by atoms with Crippen LogP contribution < -0.4 is 20.1 Å². The largest absolute Gasteiger partial charge is 0.497 e. The molecule has 0 atom stereocenters. The van der Waals surface area contributed by atoms with Crippen molar-refractivity contribution < 1.29 is 14.3 Å². The van der Waals surface area contributed by atoms with Gasteiger partial charge < -0.3 is 25.0 Å². The number of methoxy groups -OCH3 is 2. The van der Waals surface area contributed by atoms with Gasteiger partial charge in [-0.15, -0.1) is 24.0 Å². The molecule has 2 rings (SSSR count). The molecule has 2 aromatic carbocycles. The minimum Gasteiger partial charge on any atom is -0.497 e. The molecule has 0 heterocycles. The topological polar surface area (TPSA) is 75.2 Å². The summed E-state index contributed by atoms with van der Waals surface area (Å²) in [4.78, 5) is 18.8. The van der Waals surface area contributed by atoms with Crippen LogP contribution in [0.3, 0.4) is 0 Å². The third-order valence-electron chi connectivity index (χ3n) is 4.52. The zero-order valence-electron chi connectivity index (χ0n) is 18.7. The van der Waals surface area contributed by atoms with Crippen LogP contribution in [0, 0.1) is 0 Å². The van der Waals surface area contributed by atoms with Crippen LogP contribution in [0.25, 0.3) is 0 Å². The van der Waals surface area contributed by atoms with E-state index in [-0.39, 0.29) is 29.9 Å². The zero-order chi connectivity index (χ0) is 21.8. The van der Waals surface area contributed by atoms with E-state index in [0.29, 0.717) is 25.2 Å². The number of nitrogens with one attached hydrogen (secondary N) is 2. The fourth-order valence-corrected chi connectivity index (χ4v) is 2.94. The first-order valence-corrected chi connectivity index (χ1v) is 10.1. The molecule has 8 heteroatoms. The number of nitrogens with zero attached hydrogens (tertiary/aromatic N) is 2. The number of hydrogen-bond acceptors (Lipinski definition) is 4. The molecule has 0 aliphatic heterocycles. The van der Waals surface area contributed by atoms with Gasteiger partial charge >= 0.3 is 0 Å². The Kier molecular flexibility index (Phi) is 12.4. The van der Waals surface area contributed by atoms with Gasteiger partial charge in [-0.1, -0.05) is 18.2 Å². The van der Waals surface area contributed by atoms with Crippen molar-refractivity contribution >= 4 is 35.8 Å². The summed E-state index contributed by atoms with van der Waals surface area (Å²) in [5, 5.41) is 6.24. The van der Waals surface area contributed by atoms with E-state index in [9.17, 15) is 4.79 Å². The number of hydrogen-bond donors (Lipinski definition) is 2.